The summed E-state index contributed by atoms with van der Waals surface area (Å²) in [5.74, 6) is 0.757. The number of alkyl halides is 3. The SMILES string of the molecule is CCNC(=NCc1sc(C)nc1C)N1CCN(C(C)C(F)(F)F)CC1. The van der Waals surface area contributed by atoms with Crippen molar-refractivity contribution in [3.63, 3.8) is 0 Å². The van der Waals surface area contributed by atoms with Crippen molar-refractivity contribution in [2.75, 3.05) is 32.7 Å². The lowest BCUT2D eigenvalue weighted by molar-refractivity contribution is -0.181. The molecule has 5 nitrogen and oxygen atoms in total. The molecular weight excluding hydrogens is 351 g/mol. The van der Waals surface area contributed by atoms with Crippen LogP contribution in [0.5, 0.6) is 0 Å². The van der Waals surface area contributed by atoms with E-state index in [9.17, 15) is 13.2 Å². The summed E-state index contributed by atoms with van der Waals surface area (Å²) in [5, 5.41) is 4.26. The molecular formula is C16H26F3N5S. The number of guanidine groups is 1. The molecule has 0 aliphatic carbocycles. The Morgan fingerprint density at radius 1 is 1.28 bits per heavy atom. The van der Waals surface area contributed by atoms with E-state index in [-0.39, 0.29) is 0 Å². The van der Waals surface area contributed by atoms with E-state index in [1.54, 1.807) is 11.3 Å². The zero-order valence-corrected chi connectivity index (χ0v) is 16.0. The number of hydrogen-bond donors (Lipinski definition) is 1. The van der Waals surface area contributed by atoms with Crippen LogP contribution in [0, 0.1) is 13.8 Å². The molecule has 1 aromatic rings. The number of aliphatic imine (C=N–C) groups is 1. The summed E-state index contributed by atoms with van der Waals surface area (Å²) in [6.45, 7) is 10.2. The summed E-state index contributed by atoms with van der Waals surface area (Å²) in [7, 11) is 0. The van der Waals surface area contributed by atoms with Crippen LogP contribution in [0.4, 0.5) is 13.2 Å². The van der Waals surface area contributed by atoms with Gasteiger partial charge in [0.2, 0.25) is 0 Å². The number of hydrogen-bond acceptors (Lipinski definition) is 4. The standard InChI is InChI=1S/C16H26F3N5S/c1-5-20-15(21-10-14-11(2)22-13(4)25-14)24-8-6-23(7-9-24)12(3)16(17,18)19/h12H,5-10H2,1-4H3,(H,20,21). The molecule has 1 aromatic heterocycles. The van der Waals surface area contributed by atoms with Gasteiger partial charge in [0.05, 0.1) is 17.2 Å². The Kier molecular flexibility index (Phi) is 6.67. The maximum Gasteiger partial charge on any atom is 0.403 e. The lowest BCUT2D eigenvalue weighted by Gasteiger charge is -2.39. The molecule has 1 saturated heterocycles. The Hall–Kier alpha value is -1.35. The van der Waals surface area contributed by atoms with Gasteiger partial charge in [0.25, 0.3) is 0 Å². The number of aromatic nitrogens is 1. The van der Waals surface area contributed by atoms with E-state index in [0.717, 1.165) is 28.1 Å². The van der Waals surface area contributed by atoms with Crippen molar-refractivity contribution in [2.45, 2.75) is 46.5 Å². The van der Waals surface area contributed by atoms with Crippen molar-refractivity contribution in [1.82, 2.24) is 20.1 Å². The lowest BCUT2D eigenvalue weighted by Crippen LogP contribution is -2.56. The molecule has 0 spiro atoms. The number of rotatable bonds is 4. The van der Waals surface area contributed by atoms with E-state index in [0.29, 0.717) is 32.7 Å². The van der Waals surface area contributed by atoms with Gasteiger partial charge in [0, 0.05) is 37.6 Å². The minimum Gasteiger partial charge on any atom is -0.357 e. The third-order valence-electron chi connectivity index (χ3n) is 4.34. The van der Waals surface area contributed by atoms with Crippen LogP contribution in [-0.4, -0.2) is 65.7 Å². The maximum absolute atomic E-state index is 12.9. The van der Waals surface area contributed by atoms with Gasteiger partial charge in [-0.15, -0.1) is 11.3 Å². The minimum atomic E-state index is -4.18. The first-order valence-corrected chi connectivity index (χ1v) is 9.31. The molecule has 142 valence electrons. The zero-order valence-electron chi connectivity index (χ0n) is 15.2. The minimum absolute atomic E-state index is 0.379. The summed E-state index contributed by atoms with van der Waals surface area (Å²) in [5.41, 5.74) is 0.992. The van der Waals surface area contributed by atoms with E-state index in [2.05, 4.69) is 15.3 Å². The van der Waals surface area contributed by atoms with Gasteiger partial charge in [-0.05, 0) is 27.7 Å². The maximum atomic E-state index is 12.9. The van der Waals surface area contributed by atoms with Gasteiger partial charge in [0.15, 0.2) is 5.96 Å². The molecule has 0 saturated carbocycles. The first kappa shape index (κ1) is 20.0. The predicted molar refractivity (Wildman–Crippen MR) is 95.1 cm³/mol. The van der Waals surface area contributed by atoms with Crippen molar-refractivity contribution in [2.24, 2.45) is 4.99 Å². The van der Waals surface area contributed by atoms with Crippen LogP contribution in [-0.2, 0) is 6.54 Å². The number of aryl methyl sites for hydroxylation is 2. The average molecular weight is 377 g/mol. The van der Waals surface area contributed by atoms with E-state index in [4.69, 9.17) is 0 Å². The van der Waals surface area contributed by atoms with Gasteiger partial charge < -0.3 is 10.2 Å². The quantitative estimate of drug-likeness (QED) is 0.647. The zero-order chi connectivity index (χ0) is 18.6. The fraction of sp³-hybridized carbons (Fsp3) is 0.750. The molecule has 9 heteroatoms. The van der Waals surface area contributed by atoms with Gasteiger partial charge in [-0.1, -0.05) is 0 Å². The van der Waals surface area contributed by atoms with E-state index < -0.39 is 12.2 Å². The number of thiazole rings is 1. The third kappa shape index (κ3) is 5.31. The van der Waals surface area contributed by atoms with Crippen LogP contribution in [0.1, 0.15) is 29.4 Å². The number of halogens is 3. The highest BCUT2D eigenvalue weighted by Crippen LogP contribution is 2.25. The van der Waals surface area contributed by atoms with Crippen LogP contribution < -0.4 is 5.32 Å². The predicted octanol–water partition coefficient (Wildman–Crippen LogP) is 2.79. The average Bonchev–Trinajstić information content (AvgIpc) is 2.87. The van der Waals surface area contributed by atoms with Gasteiger partial charge in [-0.2, -0.15) is 13.2 Å². The monoisotopic (exact) mass is 377 g/mol. The fourth-order valence-electron chi connectivity index (χ4n) is 2.82. The fourth-order valence-corrected chi connectivity index (χ4v) is 3.68. The van der Waals surface area contributed by atoms with Gasteiger partial charge in [-0.3, -0.25) is 4.90 Å². The summed E-state index contributed by atoms with van der Waals surface area (Å²) in [6, 6.07) is -1.41. The highest BCUT2D eigenvalue weighted by Gasteiger charge is 2.41. The highest BCUT2D eigenvalue weighted by atomic mass is 32.1. The van der Waals surface area contributed by atoms with Crippen LogP contribution >= 0.6 is 11.3 Å². The first-order valence-electron chi connectivity index (χ1n) is 8.49. The van der Waals surface area contributed by atoms with Gasteiger partial charge in [-0.25, -0.2) is 9.98 Å². The third-order valence-corrected chi connectivity index (χ3v) is 5.40. The Bertz CT molecular complexity index is 591. The topological polar surface area (TPSA) is 43.8 Å². The molecule has 1 fully saturated rings. The largest absolute Gasteiger partial charge is 0.403 e. The second kappa shape index (κ2) is 8.35. The smallest absolute Gasteiger partial charge is 0.357 e. The molecule has 0 radical (unpaired) electrons. The van der Waals surface area contributed by atoms with E-state index >= 15 is 0 Å². The molecule has 2 rings (SSSR count). The number of nitrogens with one attached hydrogen (secondary N) is 1. The van der Waals surface area contributed by atoms with Crippen LogP contribution in [0.15, 0.2) is 4.99 Å². The van der Waals surface area contributed by atoms with E-state index in [1.165, 1.54) is 11.8 Å². The van der Waals surface area contributed by atoms with Gasteiger partial charge in [0.1, 0.15) is 6.04 Å². The second-order valence-electron chi connectivity index (χ2n) is 6.15. The summed E-state index contributed by atoms with van der Waals surface area (Å²) >= 11 is 1.63. The molecule has 1 atom stereocenters. The molecule has 0 aromatic carbocycles. The Morgan fingerprint density at radius 3 is 2.40 bits per heavy atom. The Labute approximate surface area is 150 Å². The lowest BCUT2D eigenvalue weighted by atomic mass is 10.2. The van der Waals surface area contributed by atoms with Crippen LogP contribution in [0.25, 0.3) is 0 Å². The molecule has 25 heavy (non-hydrogen) atoms. The van der Waals surface area contributed by atoms with E-state index in [1.807, 2.05) is 25.7 Å². The van der Waals surface area contributed by atoms with Crippen molar-refractivity contribution in [3.8, 4) is 0 Å². The number of piperazine rings is 1. The first-order chi connectivity index (χ1) is 11.7. The molecule has 1 aliphatic rings. The van der Waals surface area contributed by atoms with Crippen molar-refractivity contribution < 1.29 is 13.2 Å². The normalized spacial score (nSPS) is 18.5. The Morgan fingerprint density at radius 2 is 1.92 bits per heavy atom. The molecule has 1 aliphatic heterocycles. The van der Waals surface area contributed by atoms with Crippen LogP contribution in [0.3, 0.4) is 0 Å². The van der Waals surface area contributed by atoms with Crippen molar-refractivity contribution >= 4 is 17.3 Å². The summed E-state index contributed by atoms with van der Waals surface area (Å²) in [6.07, 6.45) is -4.18. The molecule has 0 amide bonds. The van der Waals surface area contributed by atoms with Crippen molar-refractivity contribution in [3.05, 3.63) is 15.6 Å². The van der Waals surface area contributed by atoms with Gasteiger partial charge >= 0.3 is 6.18 Å². The summed E-state index contributed by atoms with van der Waals surface area (Å²) in [4.78, 5) is 13.7. The van der Waals surface area contributed by atoms with Crippen molar-refractivity contribution in [1.29, 1.82) is 0 Å². The molecule has 0 bridgehead atoms. The molecule has 1 unspecified atom stereocenters. The molecule has 1 N–H and O–H groups in total. The molecule has 2 heterocycles. The highest BCUT2D eigenvalue weighted by molar-refractivity contribution is 7.11. The Balaban J connectivity index is 1.99. The second-order valence-corrected chi connectivity index (χ2v) is 7.44. The number of nitrogens with zero attached hydrogens (tertiary/aromatic N) is 4. The summed E-state index contributed by atoms with van der Waals surface area (Å²) < 4.78 is 38.6. The van der Waals surface area contributed by atoms with Crippen LogP contribution in [0.2, 0.25) is 0 Å².